The number of hydrogen-bond donors (Lipinski definition) is 2. The predicted octanol–water partition coefficient (Wildman–Crippen LogP) is 5.29. The first-order valence-electron chi connectivity index (χ1n) is 10.4. The molecule has 0 aliphatic heterocycles. The Morgan fingerprint density at radius 3 is 2.32 bits per heavy atom. The minimum Gasteiger partial charge on any atom is -0.435 e. The minimum atomic E-state index is -4.64. The van der Waals surface area contributed by atoms with E-state index >= 15 is 0 Å². The van der Waals surface area contributed by atoms with Crippen LogP contribution >= 0.6 is 0 Å². The van der Waals surface area contributed by atoms with Crippen LogP contribution < -0.4 is 15.2 Å². The molecule has 38 heavy (non-hydrogen) atoms. The molecule has 4 rings (SSSR count). The normalized spacial score (nSPS) is 11.8. The summed E-state index contributed by atoms with van der Waals surface area (Å²) in [5, 5.41) is 0. The lowest BCUT2D eigenvalue weighted by molar-refractivity contribution is -0.137. The van der Waals surface area contributed by atoms with Gasteiger partial charge in [-0.1, -0.05) is 12.1 Å². The lowest BCUT2D eigenvalue weighted by atomic mass is 10.1. The third-order valence-corrected chi connectivity index (χ3v) is 6.18. The van der Waals surface area contributed by atoms with Gasteiger partial charge in [-0.15, -0.1) is 0 Å². The standard InChI is InChI=1S/C23H15F6N5O3S/c24-15-10-17(37-21-14(2-1-8-31-21)16-7-9-32-22(30)33-16)18(25)19(26)20(15)34-38(35,36)11-12-3-5-13(6-4-12)23(27,28)29/h1-10,34H,11H2,(H2,30,32,33). The Hall–Kier alpha value is -4.40. The highest BCUT2D eigenvalue weighted by Gasteiger charge is 2.30. The van der Waals surface area contributed by atoms with Crippen LogP contribution in [-0.2, 0) is 22.0 Å². The van der Waals surface area contributed by atoms with E-state index in [1.165, 1.54) is 30.6 Å². The molecule has 198 valence electrons. The van der Waals surface area contributed by atoms with Crippen LogP contribution in [0.15, 0.2) is 60.9 Å². The van der Waals surface area contributed by atoms with Crippen LogP contribution in [0, 0.1) is 17.5 Å². The maximum atomic E-state index is 14.8. The van der Waals surface area contributed by atoms with E-state index < -0.39 is 56.4 Å². The number of pyridine rings is 1. The summed E-state index contributed by atoms with van der Waals surface area (Å²) in [5.74, 6) is -7.46. The number of ether oxygens (including phenoxy) is 1. The third-order valence-electron chi connectivity index (χ3n) is 4.95. The number of nitrogens with two attached hydrogens (primary N) is 1. The Labute approximate surface area is 211 Å². The van der Waals surface area contributed by atoms with Gasteiger partial charge in [-0.25, -0.2) is 32.2 Å². The highest BCUT2D eigenvalue weighted by atomic mass is 32.2. The van der Waals surface area contributed by atoms with Crippen LogP contribution in [0.5, 0.6) is 11.6 Å². The van der Waals surface area contributed by atoms with E-state index in [-0.39, 0.29) is 28.6 Å². The van der Waals surface area contributed by atoms with Crippen molar-refractivity contribution in [3.05, 3.63) is 89.5 Å². The number of halogens is 6. The molecule has 15 heteroatoms. The lowest BCUT2D eigenvalue weighted by Gasteiger charge is -2.14. The van der Waals surface area contributed by atoms with Crippen molar-refractivity contribution < 1.29 is 39.5 Å². The number of benzene rings is 2. The summed E-state index contributed by atoms with van der Waals surface area (Å²) in [5.41, 5.74) is 3.49. The first-order chi connectivity index (χ1) is 17.8. The van der Waals surface area contributed by atoms with Gasteiger partial charge in [0.15, 0.2) is 17.4 Å². The first-order valence-corrected chi connectivity index (χ1v) is 12.0. The van der Waals surface area contributed by atoms with Gasteiger partial charge < -0.3 is 10.5 Å². The van der Waals surface area contributed by atoms with Crippen LogP contribution in [0.1, 0.15) is 11.1 Å². The van der Waals surface area contributed by atoms with Gasteiger partial charge in [-0.2, -0.15) is 17.6 Å². The summed E-state index contributed by atoms with van der Waals surface area (Å²) in [4.78, 5) is 11.6. The number of anilines is 2. The fraction of sp³-hybridized carbons (Fsp3) is 0.0870. The minimum absolute atomic E-state index is 0.0893. The van der Waals surface area contributed by atoms with E-state index in [0.29, 0.717) is 18.2 Å². The highest BCUT2D eigenvalue weighted by Crippen LogP contribution is 2.36. The van der Waals surface area contributed by atoms with Gasteiger partial charge in [0.05, 0.1) is 22.6 Å². The second kappa shape index (κ2) is 10.2. The largest absolute Gasteiger partial charge is 0.435 e. The number of nitrogen functional groups attached to an aromatic ring is 1. The maximum absolute atomic E-state index is 14.8. The quantitative estimate of drug-likeness (QED) is 0.235. The molecule has 2 aromatic carbocycles. The van der Waals surface area contributed by atoms with E-state index in [9.17, 15) is 34.8 Å². The Bertz CT molecular complexity index is 1600. The van der Waals surface area contributed by atoms with Crippen LogP contribution in [0.3, 0.4) is 0 Å². The van der Waals surface area contributed by atoms with E-state index in [1.54, 1.807) is 4.72 Å². The zero-order valence-electron chi connectivity index (χ0n) is 18.8. The van der Waals surface area contributed by atoms with E-state index in [4.69, 9.17) is 10.5 Å². The fourth-order valence-corrected chi connectivity index (χ4v) is 4.44. The Kier molecular flexibility index (Phi) is 7.13. The SMILES string of the molecule is Nc1nccc(-c2cccnc2Oc2cc(F)c(NS(=O)(=O)Cc3ccc(C(F)(F)F)cc3)c(F)c2F)n1. The molecule has 3 N–H and O–H groups in total. The van der Waals surface area contributed by atoms with Gasteiger partial charge in [0.25, 0.3) is 0 Å². The molecule has 0 amide bonds. The molecular formula is C23H15F6N5O3S. The topological polar surface area (TPSA) is 120 Å². The summed E-state index contributed by atoms with van der Waals surface area (Å²) >= 11 is 0. The smallest absolute Gasteiger partial charge is 0.416 e. The van der Waals surface area contributed by atoms with E-state index in [1.807, 2.05) is 0 Å². The maximum Gasteiger partial charge on any atom is 0.416 e. The molecule has 0 atom stereocenters. The number of nitrogens with one attached hydrogen (secondary N) is 1. The Balaban J connectivity index is 1.59. The summed E-state index contributed by atoms with van der Waals surface area (Å²) < 4.78 is 114. The van der Waals surface area contributed by atoms with Crippen molar-refractivity contribution in [1.29, 1.82) is 0 Å². The van der Waals surface area contributed by atoms with Crippen molar-refractivity contribution in [2.75, 3.05) is 10.5 Å². The molecular weight excluding hydrogens is 540 g/mol. The second-order valence-electron chi connectivity index (χ2n) is 7.67. The van der Waals surface area contributed by atoms with Gasteiger partial charge in [0, 0.05) is 18.5 Å². The second-order valence-corrected chi connectivity index (χ2v) is 9.40. The number of hydrogen-bond acceptors (Lipinski definition) is 7. The molecule has 0 unspecified atom stereocenters. The average molecular weight is 555 g/mol. The molecule has 8 nitrogen and oxygen atoms in total. The molecule has 0 aliphatic rings. The first kappa shape index (κ1) is 26.7. The predicted molar refractivity (Wildman–Crippen MR) is 124 cm³/mol. The summed E-state index contributed by atoms with van der Waals surface area (Å²) in [6.45, 7) is 0. The number of aromatic nitrogens is 3. The van der Waals surface area contributed by atoms with Crippen LogP contribution in [-0.4, -0.2) is 23.4 Å². The molecule has 0 bridgehead atoms. The Morgan fingerprint density at radius 1 is 0.947 bits per heavy atom. The van der Waals surface area contributed by atoms with Crippen LogP contribution in [0.4, 0.5) is 38.0 Å². The monoisotopic (exact) mass is 555 g/mol. The van der Waals surface area contributed by atoms with Gasteiger partial charge in [-0.05, 0) is 35.9 Å². The molecule has 0 spiro atoms. The van der Waals surface area contributed by atoms with Crippen molar-refractivity contribution in [1.82, 2.24) is 15.0 Å². The number of nitrogens with zero attached hydrogens (tertiary/aromatic N) is 3. The summed E-state index contributed by atoms with van der Waals surface area (Å²) in [7, 11) is -4.57. The van der Waals surface area contributed by atoms with Crippen molar-refractivity contribution in [3.8, 4) is 22.9 Å². The van der Waals surface area contributed by atoms with Gasteiger partial charge >= 0.3 is 6.18 Å². The van der Waals surface area contributed by atoms with Gasteiger partial charge in [0.1, 0.15) is 5.69 Å². The number of sulfonamides is 1. The molecule has 0 fully saturated rings. The zero-order valence-corrected chi connectivity index (χ0v) is 19.6. The van der Waals surface area contributed by atoms with Crippen molar-refractivity contribution in [2.45, 2.75) is 11.9 Å². The van der Waals surface area contributed by atoms with Crippen LogP contribution in [0.2, 0.25) is 0 Å². The third kappa shape index (κ3) is 5.94. The molecule has 2 heterocycles. The van der Waals surface area contributed by atoms with Crippen molar-refractivity contribution in [3.63, 3.8) is 0 Å². The fourth-order valence-electron chi connectivity index (χ4n) is 3.24. The molecule has 0 radical (unpaired) electrons. The number of rotatable bonds is 7. The van der Waals surface area contributed by atoms with Crippen molar-refractivity contribution >= 4 is 21.7 Å². The lowest BCUT2D eigenvalue weighted by Crippen LogP contribution is -2.18. The molecule has 0 saturated heterocycles. The molecule has 0 saturated carbocycles. The van der Waals surface area contributed by atoms with E-state index in [0.717, 1.165) is 12.1 Å². The van der Waals surface area contributed by atoms with E-state index in [2.05, 4.69) is 15.0 Å². The average Bonchev–Trinajstić information content (AvgIpc) is 2.85. The zero-order chi connectivity index (χ0) is 27.7. The molecule has 0 aliphatic carbocycles. The number of alkyl halides is 3. The molecule has 2 aromatic heterocycles. The molecule has 4 aromatic rings. The highest BCUT2D eigenvalue weighted by molar-refractivity contribution is 7.91. The van der Waals surface area contributed by atoms with Gasteiger partial charge in [0.2, 0.25) is 27.7 Å². The van der Waals surface area contributed by atoms with Gasteiger partial charge in [-0.3, -0.25) is 4.72 Å². The van der Waals surface area contributed by atoms with Crippen LogP contribution in [0.25, 0.3) is 11.3 Å². The summed E-state index contributed by atoms with van der Waals surface area (Å²) in [6, 6.07) is 7.89. The Morgan fingerprint density at radius 2 is 1.66 bits per heavy atom. The van der Waals surface area contributed by atoms with Crippen molar-refractivity contribution in [2.24, 2.45) is 0 Å². The summed E-state index contributed by atoms with van der Waals surface area (Å²) in [6.07, 6.45) is -2.04.